The summed E-state index contributed by atoms with van der Waals surface area (Å²) in [5.41, 5.74) is 6.64. The van der Waals surface area contributed by atoms with Crippen molar-refractivity contribution >= 4 is 64.0 Å². The second kappa shape index (κ2) is 11.4. The third-order valence-electron chi connectivity index (χ3n) is 7.33. The van der Waals surface area contributed by atoms with Gasteiger partial charge in [0.25, 0.3) is 0 Å². The van der Waals surface area contributed by atoms with Crippen LogP contribution in [0.2, 0.25) is 10.0 Å². The summed E-state index contributed by atoms with van der Waals surface area (Å²) in [7, 11) is 1.36. The van der Waals surface area contributed by atoms with Gasteiger partial charge in [-0.1, -0.05) is 23.2 Å². The van der Waals surface area contributed by atoms with Crippen molar-refractivity contribution in [1.82, 2.24) is 24.4 Å². The molecule has 39 heavy (non-hydrogen) atoms. The van der Waals surface area contributed by atoms with Crippen molar-refractivity contribution in [2.24, 2.45) is 11.7 Å². The van der Waals surface area contributed by atoms with Crippen LogP contribution < -0.4 is 16.4 Å². The van der Waals surface area contributed by atoms with Crippen molar-refractivity contribution in [1.29, 1.82) is 0 Å². The zero-order valence-corrected chi connectivity index (χ0v) is 22.8. The van der Waals surface area contributed by atoms with Gasteiger partial charge >= 0.3 is 6.09 Å². The van der Waals surface area contributed by atoms with Gasteiger partial charge in [0, 0.05) is 36.1 Å². The normalized spacial score (nSPS) is 21.5. The highest BCUT2D eigenvalue weighted by Gasteiger charge is 2.30. The van der Waals surface area contributed by atoms with Crippen molar-refractivity contribution in [2.75, 3.05) is 30.8 Å². The maximum Gasteiger partial charge on any atom is 0.409 e. The molecular weight excluding hydrogens is 550 g/mol. The smallest absolute Gasteiger partial charge is 0.409 e. The molecule has 2 aromatic heterocycles. The van der Waals surface area contributed by atoms with Gasteiger partial charge in [0.1, 0.15) is 11.3 Å². The van der Waals surface area contributed by atoms with Crippen molar-refractivity contribution in [2.45, 2.75) is 50.6 Å². The summed E-state index contributed by atoms with van der Waals surface area (Å²) in [4.78, 5) is 39.3. The predicted molar refractivity (Wildman–Crippen MR) is 146 cm³/mol. The van der Waals surface area contributed by atoms with E-state index in [1.807, 2.05) is 4.57 Å². The van der Waals surface area contributed by atoms with Crippen molar-refractivity contribution < 1.29 is 18.7 Å². The number of carbonyl (C=O) groups excluding carboxylic acids is 2. The Morgan fingerprint density at radius 2 is 1.92 bits per heavy atom. The highest BCUT2D eigenvalue weighted by Crippen LogP contribution is 2.38. The summed E-state index contributed by atoms with van der Waals surface area (Å²) in [6.07, 6.45) is 5.45. The molecule has 11 nitrogen and oxygen atoms in total. The average Bonchev–Trinajstić information content (AvgIpc) is 3.27. The van der Waals surface area contributed by atoms with Gasteiger partial charge in [-0.2, -0.15) is 4.98 Å². The van der Waals surface area contributed by atoms with Gasteiger partial charge in [0.15, 0.2) is 5.65 Å². The number of rotatable bonds is 6. The Morgan fingerprint density at radius 1 is 1.15 bits per heavy atom. The van der Waals surface area contributed by atoms with Crippen LogP contribution in [0.1, 0.15) is 44.6 Å². The van der Waals surface area contributed by atoms with Crippen LogP contribution in [0.4, 0.5) is 26.8 Å². The number of aromatic nitrogens is 4. The van der Waals surface area contributed by atoms with Crippen molar-refractivity contribution in [3.05, 3.63) is 34.2 Å². The second-order valence-corrected chi connectivity index (χ2v) is 10.7. The Kier molecular flexibility index (Phi) is 7.94. The Hall–Kier alpha value is -3.38. The zero-order valence-electron chi connectivity index (χ0n) is 21.3. The molecule has 0 radical (unpaired) electrons. The van der Waals surface area contributed by atoms with Gasteiger partial charge in [-0.15, -0.1) is 0 Å². The summed E-state index contributed by atoms with van der Waals surface area (Å²) in [5, 5.41) is 6.64. The first-order valence-electron chi connectivity index (χ1n) is 12.8. The predicted octanol–water partition coefficient (Wildman–Crippen LogP) is 4.88. The number of nitrogens with zero attached hydrogens (tertiary/aromatic N) is 5. The minimum atomic E-state index is -0.621. The van der Waals surface area contributed by atoms with Crippen LogP contribution in [0.3, 0.4) is 0 Å². The van der Waals surface area contributed by atoms with E-state index in [4.69, 9.17) is 38.7 Å². The largest absolute Gasteiger partial charge is 0.453 e. The van der Waals surface area contributed by atoms with Gasteiger partial charge in [0.2, 0.25) is 17.8 Å². The first-order valence-corrected chi connectivity index (χ1v) is 13.5. The van der Waals surface area contributed by atoms with Gasteiger partial charge in [-0.3, -0.25) is 9.36 Å². The number of imidazole rings is 1. The zero-order chi connectivity index (χ0) is 27.7. The molecule has 1 saturated carbocycles. The van der Waals surface area contributed by atoms with Crippen molar-refractivity contribution in [3.63, 3.8) is 0 Å². The number of methoxy groups -OCH3 is 1. The molecule has 2 amide bonds. The number of amides is 2. The quantitative estimate of drug-likeness (QED) is 0.376. The fourth-order valence-electron chi connectivity index (χ4n) is 5.36. The summed E-state index contributed by atoms with van der Waals surface area (Å²) in [5.74, 6) is -0.388. The van der Waals surface area contributed by atoms with Crippen LogP contribution in [-0.2, 0) is 9.53 Å². The number of anilines is 3. The lowest BCUT2D eigenvalue weighted by atomic mass is 9.85. The maximum atomic E-state index is 14.8. The summed E-state index contributed by atoms with van der Waals surface area (Å²) in [6.45, 7) is 1.09. The molecule has 1 saturated heterocycles. The molecular formula is C25H29Cl2FN8O3. The van der Waals surface area contributed by atoms with Crippen LogP contribution in [0.25, 0.3) is 11.2 Å². The van der Waals surface area contributed by atoms with Crippen LogP contribution in [0.15, 0.2) is 18.3 Å². The highest BCUT2D eigenvalue weighted by atomic mass is 35.5. The van der Waals surface area contributed by atoms with E-state index < -0.39 is 5.82 Å². The van der Waals surface area contributed by atoms with E-state index in [0.29, 0.717) is 61.8 Å². The summed E-state index contributed by atoms with van der Waals surface area (Å²) >= 11 is 12.3. The molecule has 0 unspecified atom stereocenters. The number of ether oxygens (including phenoxy) is 1. The van der Waals surface area contributed by atoms with Gasteiger partial charge in [-0.25, -0.2) is 19.2 Å². The minimum absolute atomic E-state index is 0.0415. The first-order chi connectivity index (χ1) is 18.7. The molecule has 2 aliphatic rings. The van der Waals surface area contributed by atoms with Crippen LogP contribution in [-0.4, -0.2) is 62.7 Å². The van der Waals surface area contributed by atoms with E-state index in [2.05, 4.69) is 20.6 Å². The van der Waals surface area contributed by atoms with E-state index in [9.17, 15) is 14.0 Å². The number of piperidine rings is 1. The molecule has 14 heteroatoms. The Balaban J connectivity index is 1.48. The van der Waals surface area contributed by atoms with Gasteiger partial charge in [-0.05, 0) is 50.7 Å². The molecule has 1 aliphatic heterocycles. The topological polar surface area (TPSA) is 140 Å². The number of benzene rings is 1. The van der Waals surface area contributed by atoms with E-state index in [1.54, 1.807) is 11.1 Å². The number of hydrogen-bond acceptors (Lipinski definition) is 8. The van der Waals surface area contributed by atoms with Gasteiger partial charge < -0.3 is 26.0 Å². The molecule has 1 atom stereocenters. The molecule has 0 spiro atoms. The molecule has 3 aromatic rings. The van der Waals surface area contributed by atoms with Crippen LogP contribution in [0.5, 0.6) is 0 Å². The lowest BCUT2D eigenvalue weighted by Gasteiger charge is -2.32. The number of nitrogens with two attached hydrogens (primary N) is 1. The Labute approximate surface area is 234 Å². The number of halogens is 3. The molecule has 5 rings (SSSR count). The molecule has 0 bridgehead atoms. The lowest BCUT2D eigenvalue weighted by molar-refractivity contribution is -0.122. The van der Waals surface area contributed by atoms with E-state index >= 15 is 0 Å². The number of primary amides is 1. The standard InChI is InChI=1S/C25H29Cl2FN8O3/c1-39-25(38)35-8-2-3-15(12-35)31-23-30-11-19-22(34-23)36(16-6-4-13(5-7-16)21(29)37)24(32-19)33-20-17(27)9-14(26)10-18(20)28/h9-11,13,15-16H,2-8,12H2,1H3,(H2,29,37)(H,32,33)(H,30,31,34)/t13-,15-,16-/m1/s1. The fourth-order valence-corrected chi connectivity index (χ4v) is 5.87. The molecule has 1 aromatic carbocycles. The van der Waals surface area contributed by atoms with Crippen LogP contribution >= 0.6 is 23.2 Å². The van der Waals surface area contributed by atoms with E-state index in [1.165, 1.54) is 19.2 Å². The number of carbonyl (C=O) groups is 2. The fraction of sp³-hybridized carbons (Fsp3) is 0.480. The molecule has 4 N–H and O–H groups in total. The Morgan fingerprint density at radius 3 is 2.62 bits per heavy atom. The lowest BCUT2D eigenvalue weighted by Crippen LogP contribution is -2.45. The van der Waals surface area contributed by atoms with E-state index in [-0.39, 0.29) is 45.7 Å². The number of fused-ring (bicyclic) bond motifs is 1. The minimum Gasteiger partial charge on any atom is -0.453 e. The summed E-state index contributed by atoms with van der Waals surface area (Å²) in [6, 6.07) is 2.49. The van der Waals surface area contributed by atoms with Crippen LogP contribution in [0, 0.1) is 11.7 Å². The van der Waals surface area contributed by atoms with Crippen molar-refractivity contribution in [3.8, 4) is 0 Å². The highest BCUT2D eigenvalue weighted by molar-refractivity contribution is 6.36. The molecule has 1 aliphatic carbocycles. The number of likely N-dealkylation sites (tertiary alicyclic amines) is 1. The SMILES string of the molecule is COC(=O)N1CCC[C@@H](Nc2ncc3nc(Nc4c(F)cc(Cl)cc4Cl)n([C@H]4CC[C@H](C(N)=O)CC4)c3n2)C1. The van der Waals surface area contributed by atoms with Gasteiger partial charge in [0.05, 0.1) is 24.0 Å². The third-order valence-corrected chi connectivity index (χ3v) is 7.84. The molecule has 2 fully saturated rings. The molecule has 208 valence electrons. The van der Waals surface area contributed by atoms with E-state index in [0.717, 1.165) is 12.8 Å². The maximum absolute atomic E-state index is 14.8. The third kappa shape index (κ3) is 5.81. The summed E-state index contributed by atoms with van der Waals surface area (Å²) < 4.78 is 21.6. The second-order valence-electron chi connectivity index (χ2n) is 9.88. The monoisotopic (exact) mass is 578 g/mol. The number of hydrogen-bond donors (Lipinski definition) is 3. The first kappa shape index (κ1) is 27.2. The number of nitrogens with one attached hydrogen (secondary N) is 2. The average molecular weight is 579 g/mol. The molecule has 3 heterocycles. The Bertz CT molecular complexity index is 1370.